The topological polar surface area (TPSA) is 64.3 Å². The van der Waals surface area contributed by atoms with Crippen molar-refractivity contribution in [2.24, 2.45) is 11.7 Å². The Morgan fingerprint density at radius 2 is 2.20 bits per heavy atom. The van der Waals surface area contributed by atoms with Gasteiger partial charge in [-0.3, -0.25) is 4.79 Å². The van der Waals surface area contributed by atoms with Gasteiger partial charge in [-0.25, -0.2) is 0 Å². The number of aryl methyl sites for hydroxylation is 1. The summed E-state index contributed by atoms with van der Waals surface area (Å²) >= 11 is 0. The molecule has 0 saturated heterocycles. The number of amides is 1. The van der Waals surface area contributed by atoms with Crippen LogP contribution in [0.15, 0.2) is 24.3 Å². The summed E-state index contributed by atoms with van der Waals surface area (Å²) < 4.78 is 5.69. The molecule has 1 amide bonds. The van der Waals surface area contributed by atoms with Crippen LogP contribution in [-0.2, 0) is 4.79 Å². The van der Waals surface area contributed by atoms with Crippen LogP contribution < -0.4 is 15.8 Å². The predicted octanol–water partition coefficient (Wildman–Crippen LogP) is 2.01. The molecule has 0 aromatic heterocycles. The second-order valence-electron chi connectivity index (χ2n) is 5.53. The molecule has 20 heavy (non-hydrogen) atoms. The standard InChI is InChI=1S/C16H24N2O2/c1-12-5-2-3-6-15(12)20-10-4-9-18-16(19)13-7-8-14(17)11-13/h2-3,5-6,13-14H,4,7-11,17H2,1H3,(H,18,19). The molecule has 2 unspecified atom stereocenters. The molecule has 0 spiro atoms. The minimum absolute atomic E-state index is 0.113. The van der Waals surface area contributed by atoms with E-state index >= 15 is 0 Å². The third-order valence-electron chi connectivity index (χ3n) is 3.82. The number of carbonyl (C=O) groups is 1. The smallest absolute Gasteiger partial charge is 0.223 e. The lowest BCUT2D eigenvalue weighted by Gasteiger charge is -2.12. The van der Waals surface area contributed by atoms with Gasteiger partial charge in [0.2, 0.25) is 5.91 Å². The summed E-state index contributed by atoms with van der Waals surface area (Å²) in [6, 6.07) is 8.16. The lowest BCUT2D eigenvalue weighted by molar-refractivity contribution is -0.124. The highest BCUT2D eigenvalue weighted by atomic mass is 16.5. The molecule has 1 fully saturated rings. The van der Waals surface area contributed by atoms with E-state index < -0.39 is 0 Å². The second kappa shape index (κ2) is 7.29. The molecule has 0 bridgehead atoms. The molecule has 2 rings (SSSR count). The zero-order valence-electron chi connectivity index (χ0n) is 12.1. The van der Waals surface area contributed by atoms with Gasteiger partial charge < -0.3 is 15.8 Å². The van der Waals surface area contributed by atoms with E-state index in [4.69, 9.17) is 10.5 Å². The summed E-state index contributed by atoms with van der Waals surface area (Å²) in [5.41, 5.74) is 6.95. The zero-order valence-corrected chi connectivity index (χ0v) is 12.1. The largest absolute Gasteiger partial charge is 0.493 e. The van der Waals surface area contributed by atoms with Gasteiger partial charge in [-0.15, -0.1) is 0 Å². The van der Waals surface area contributed by atoms with Gasteiger partial charge in [0, 0.05) is 18.5 Å². The van der Waals surface area contributed by atoms with Crippen LogP contribution in [0, 0.1) is 12.8 Å². The fourth-order valence-corrected chi connectivity index (χ4v) is 2.58. The molecule has 0 radical (unpaired) electrons. The van der Waals surface area contributed by atoms with Crippen molar-refractivity contribution in [3.63, 3.8) is 0 Å². The highest BCUT2D eigenvalue weighted by Crippen LogP contribution is 2.23. The molecule has 0 heterocycles. The van der Waals surface area contributed by atoms with E-state index in [1.807, 2.05) is 31.2 Å². The zero-order chi connectivity index (χ0) is 14.4. The Morgan fingerprint density at radius 3 is 2.90 bits per heavy atom. The lowest BCUT2D eigenvalue weighted by atomic mass is 10.1. The third kappa shape index (κ3) is 4.23. The molecular formula is C16H24N2O2. The molecule has 2 atom stereocenters. The lowest BCUT2D eigenvalue weighted by Crippen LogP contribution is -2.31. The summed E-state index contributed by atoms with van der Waals surface area (Å²) in [4.78, 5) is 11.9. The molecule has 1 aromatic rings. The van der Waals surface area contributed by atoms with Crippen LogP contribution in [0.25, 0.3) is 0 Å². The fourth-order valence-electron chi connectivity index (χ4n) is 2.58. The minimum atomic E-state index is 0.113. The van der Waals surface area contributed by atoms with Crippen molar-refractivity contribution in [1.82, 2.24) is 5.32 Å². The molecular weight excluding hydrogens is 252 g/mol. The Balaban J connectivity index is 1.60. The molecule has 0 aliphatic heterocycles. The van der Waals surface area contributed by atoms with Crippen LogP contribution >= 0.6 is 0 Å². The summed E-state index contributed by atoms with van der Waals surface area (Å²) in [5.74, 6) is 1.18. The molecule has 3 N–H and O–H groups in total. The number of benzene rings is 1. The van der Waals surface area contributed by atoms with Gasteiger partial charge in [-0.05, 0) is 44.2 Å². The number of ether oxygens (including phenoxy) is 1. The molecule has 1 saturated carbocycles. The highest BCUT2D eigenvalue weighted by molar-refractivity contribution is 5.78. The van der Waals surface area contributed by atoms with Gasteiger partial charge in [0.05, 0.1) is 6.61 Å². The Kier molecular flexibility index (Phi) is 5.41. The first-order chi connectivity index (χ1) is 9.66. The van der Waals surface area contributed by atoms with Crippen molar-refractivity contribution in [2.75, 3.05) is 13.2 Å². The van der Waals surface area contributed by atoms with Gasteiger partial charge in [-0.2, -0.15) is 0 Å². The van der Waals surface area contributed by atoms with Gasteiger partial charge in [-0.1, -0.05) is 18.2 Å². The average Bonchev–Trinajstić information content (AvgIpc) is 2.87. The Morgan fingerprint density at radius 1 is 1.40 bits per heavy atom. The Hall–Kier alpha value is -1.55. The Bertz CT molecular complexity index is 448. The van der Waals surface area contributed by atoms with Gasteiger partial charge in [0.25, 0.3) is 0 Å². The van der Waals surface area contributed by atoms with Crippen LogP contribution in [-0.4, -0.2) is 25.1 Å². The number of rotatable bonds is 6. The summed E-state index contributed by atoms with van der Waals surface area (Å²) in [5, 5.41) is 2.97. The monoisotopic (exact) mass is 276 g/mol. The van der Waals surface area contributed by atoms with Crippen molar-refractivity contribution < 1.29 is 9.53 Å². The van der Waals surface area contributed by atoms with Crippen LogP contribution in [0.1, 0.15) is 31.2 Å². The quantitative estimate of drug-likeness (QED) is 0.781. The maximum atomic E-state index is 11.9. The maximum absolute atomic E-state index is 11.9. The van der Waals surface area contributed by atoms with Crippen molar-refractivity contribution >= 4 is 5.91 Å². The van der Waals surface area contributed by atoms with Crippen LogP contribution in [0.3, 0.4) is 0 Å². The van der Waals surface area contributed by atoms with E-state index in [9.17, 15) is 4.79 Å². The summed E-state index contributed by atoms with van der Waals surface area (Å²) in [6.45, 7) is 3.31. The van der Waals surface area contributed by atoms with Crippen LogP contribution in [0.5, 0.6) is 5.75 Å². The number of nitrogens with one attached hydrogen (secondary N) is 1. The molecule has 1 aliphatic carbocycles. The second-order valence-corrected chi connectivity index (χ2v) is 5.53. The fraction of sp³-hybridized carbons (Fsp3) is 0.562. The SMILES string of the molecule is Cc1ccccc1OCCCNC(=O)C1CCC(N)C1. The highest BCUT2D eigenvalue weighted by Gasteiger charge is 2.27. The Labute approximate surface area is 120 Å². The molecule has 1 aliphatic rings. The van der Waals surface area contributed by atoms with E-state index in [-0.39, 0.29) is 17.9 Å². The van der Waals surface area contributed by atoms with E-state index in [2.05, 4.69) is 5.32 Å². The first kappa shape index (κ1) is 14.9. The van der Waals surface area contributed by atoms with Gasteiger partial charge in [0.15, 0.2) is 0 Å². The molecule has 4 heteroatoms. The number of para-hydroxylation sites is 1. The van der Waals surface area contributed by atoms with Crippen molar-refractivity contribution in [1.29, 1.82) is 0 Å². The predicted molar refractivity (Wildman–Crippen MR) is 79.6 cm³/mol. The number of hydrogen-bond acceptors (Lipinski definition) is 3. The van der Waals surface area contributed by atoms with E-state index in [1.54, 1.807) is 0 Å². The minimum Gasteiger partial charge on any atom is -0.493 e. The average molecular weight is 276 g/mol. The number of carbonyl (C=O) groups excluding carboxylic acids is 1. The normalized spacial score (nSPS) is 21.7. The molecule has 4 nitrogen and oxygen atoms in total. The van der Waals surface area contributed by atoms with E-state index in [1.165, 1.54) is 0 Å². The number of nitrogens with two attached hydrogens (primary N) is 1. The van der Waals surface area contributed by atoms with Crippen molar-refractivity contribution in [3.05, 3.63) is 29.8 Å². The van der Waals surface area contributed by atoms with Crippen molar-refractivity contribution in [3.8, 4) is 5.75 Å². The summed E-state index contributed by atoms with van der Waals surface area (Å²) in [7, 11) is 0. The third-order valence-corrected chi connectivity index (χ3v) is 3.82. The van der Waals surface area contributed by atoms with Crippen LogP contribution in [0.4, 0.5) is 0 Å². The van der Waals surface area contributed by atoms with Gasteiger partial charge in [0.1, 0.15) is 5.75 Å². The van der Waals surface area contributed by atoms with Crippen molar-refractivity contribution in [2.45, 2.75) is 38.6 Å². The molecule has 1 aromatic carbocycles. The maximum Gasteiger partial charge on any atom is 0.223 e. The first-order valence-corrected chi connectivity index (χ1v) is 7.38. The van der Waals surface area contributed by atoms with E-state index in [0.717, 1.165) is 37.0 Å². The van der Waals surface area contributed by atoms with Crippen LogP contribution in [0.2, 0.25) is 0 Å². The van der Waals surface area contributed by atoms with E-state index in [0.29, 0.717) is 13.2 Å². The first-order valence-electron chi connectivity index (χ1n) is 7.38. The number of hydrogen-bond donors (Lipinski definition) is 2. The van der Waals surface area contributed by atoms with Gasteiger partial charge >= 0.3 is 0 Å². The summed E-state index contributed by atoms with van der Waals surface area (Å²) in [6.07, 6.45) is 3.53. The molecule has 110 valence electrons.